The Kier molecular flexibility index (Phi) is 6.57. The maximum Gasteiger partial charge on any atom is 0.433 e. The lowest BCUT2D eigenvalue weighted by Crippen LogP contribution is -2.35. The van der Waals surface area contributed by atoms with Gasteiger partial charge in [-0.2, -0.15) is 18.4 Å². The largest absolute Gasteiger partial charge is 0.433 e. The molecule has 1 aliphatic rings. The van der Waals surface area contributed by atoms with Crippen LogP contribution in [0.25, 0.3) is 10.8 Å². The van der Waals surface area contributed by atoms with E-state index in [0.29, 0.717) is 23.9 Å². The molecule has 0 unspecified atom stereocenters. The number of rotatable bonds is 7. The third-order valence-corrected chi connectivity index (χ3v) is 7.45. The highest BCUT2D eigenvalue weighted by atomic mass is 28.3. The van der Waals surface area contributed by atoms with Crippen molar-refractivity contribution >= 4 is 36.5 Å². The number of anilines is 2. The van der Waals surface area contributed by atoms with Crippen molar-refractivity contribution in [2.75, 3.05) is 23.0 Å². The van der Waals surface area contributed by atoms with Gasteiger partial charge in [-0.15, -0.1) is 0 Å². The molecule has 1 atom stereocenters. The maximum atomic E-state index is 13.7. The summed E-state index contributed by atoms with van der Waals surface area (Å²) in [5.74, 6) is -0.216. The highest BCUT2D eigenvalue weighted by Gasteiger charge is 2.44. The van der Waals surface area contributed by atoms with E-state index in [0.717, 1.165) is 20.9 Å². The molecule has 1 aromatic carbocycles. The van der Waals surface area contributed by atoms with Crippen LogP contribution in [-0.4, -0.2) is 47.8 Å². The number of urea groups is 1. The molecule has 35 heavy (non-hydrogen) atoms. The standard InChI is InChI=1S/C23H25F3N6O2Si/c1-35(2,3)9-8-34-15-31-20(23(24,25)26)13-29-21(31)30-14-17(10-27)32(22(30)33)19-12-28-11-16-6-4-5-7-18(16)19/h4-7,11-13,17H,8-9,14-15H2,1-3H3/t17-/m0/s1. The predicted octanol–water partition coefficient (Wildman–Crippen LogP) is 5.10. The summed E-state index contributed by atoms with van der Waals surface area (Å²) in [4.78, 5) is 23.9. The second-order valence-corrected chi connectivity index (χ2v) is 15.1. The zero-order valence-electron chi connectivity index (χ0n) is 19.6. The first-order valence-electron chi connectivity index (χ1n) is 11.0. The van der Waals surface area contributed by atoms with Crippen molar-refractivity contribution in [1.82, 2.24) is 14.5 Å². The number of aromatic nitrogens is 3. The number of nitriles is 1. The Morgan fingerprint density at radius 1 is 1.20 bits per heavy atom. The highest BCUT2D eigenvalue weighted by Crippen LogP contribution is 2.36. The van der Waals surface area contributed by atoms with Gasteiger partial charge >= 0.3 is 12.2 Å². The maximum absolute atomic E-state index is 13.7. The molecule has 2 aromatic heterocycles. The molecule has 0 spiro atoms. The minimum Gasteiger partial charge on any atom is -0.361 e. The summed E-state index contributed by atoms with van der Waals surface area (Å²) < 4.78 is 47.6. The van der Waals surface area contributed by atoms with Gasteiger partial charge < -0.3 is 4.74 Å². The molecule has 12 heteroatoms. The fourth-order valence-electron chi connectivity index (χ4n) is 3.89. The molecule has 3 aromatic rings. The summed E-state index contributed by atoms with van der Waals surface area (Å²) in [6, 6.07) is 8.51. The minimum atomic E-state index is -4.69. The number of ether oxygens (including phenoxy) is 1. The van der Waals surface area contributed by atoms with E-state index in [2.05, 4.69) is 35.7 Å². The van der Waals surface area contributed by atoms with Crippen LogP contribution < -0.4 is 9.80 Å². The number of halogens is 3. The van der Waals surface area contributed by atoms with Gasteiger partial charge in [0, 0.05) is 31.7 Å². The Morgan fingerprint density at radius 2 is 1.94 bits per heavy atom. The highest BCUT2D eigenvalue weighted by molar-refractivity contribution is 6.76. The number of hydrogen-bond acceptors (Lipinski definition) is 5. The summed E-state index contributed by atoms with van der Waals surface area (Å²) in [7, 11) is -1.45. The first-order valence-corrected chi connectivity index (χ1v) is 14.8. The number of imidazole rings is 1. The van der Waals surface area contributed by atoms with E-state index >= 15 is 0 Å². The Labute approximate surface area is 201 Å². The van der Waals surface area contributed by atoms with Crippen molar-refractivity contribution in [2.24, 2.45) is 0 Å². The molecule has 0 saturated carbocycles. The number of carbonyl (C=O) groups is 1. The minimum absolute atomic E-state index is 0.151. The molecule has 0 radical (unpaired) electrons. The molecule has 1 saturated heterocycles. The van der Waals surface area contributed by atoms with Crippen LogP contribution in [0.15, 0.2) is 42.9 Å². The number of benzene rings is 1. The summed E-state index contributed by atoms with van der Waals surface area (Å²) in [6.45, 7) is 6.16. The van der Waals surface area contributed by atoms with E-state index in [-0.39, 0.29) is 12.5 Å². The third-order valence-electron chi connectivity index (χ3n) is 5.74. The van der Waals surface area contributed by atoms with Crippen LogP contribution in [-0.2, 0) is 17.6 Å². The van der Waals surface area contributed by atoms with Crippen molar-refractivity contribution in [3.8, 4) is 6.07 Å². The fraction of sp³-hybridized carbons (Fsp3) is 0.391. The van der Waals surface area contributed by atoms with E-state index in [1.54, 1.807) is 18.3 Å². The van der Waals surface area contributed by atoms with Crippen LogP contribution in [0.1, 0.15) is 5.69 Å². The molecule has 0 bridgehead atoms. The average Bonchev–Trinajstić information content (AvgIpc) is 3.36. The molecule has 184 valence electrons. The van der Waals surface area contributed by atoms with Gasteiger partial charge in [0.2, 0.25) is 5.95 Å². The number of amides is 2. The molecule has 2 amide bonds. The zero-order valence-corrected chi connectivity index (χ0v) is 20.6. The first-order chi connectivity index (χ1) is 16.5. The van der Waals surface area contributed by atoms with Gasteiger partial charge in [0.05, 0.1) is 30.7 Å². The van der Waals surface area contributed by atoms with Gasteiger partial charge in [0.25, 0.3) is 0 Å². The van der Waals surface area contributed by atoms with Crippen molar-refractivity contribution in [1.29, 1.82) is 5.26 Å². The second-order valence-electron chi connectivity index (χ2n) is 9.51. The van der Waals surface area contributed by atoms with E-state index < -0.39 is 38.7 Å². The number of hydrogen-bond donors (Lipinski definition) is 0. The Balaban J connectivity index is 1.69. The summed E-state index contributed by atoms with van der Waals surface area (Å²) >= 11 is 0. The van der Waals surface area contributed by atoms with Gasteiger partial charge in [-0.3, -0.25) is 19.4 Å². The number of nitrogens with zero attached hydrogens (tertiary/aromatic N) is 6. The van der Waals surface area contributed by atoms with Crippen LogP contribution in [0.2, 0.25) is 25.7 Å². The predicted molar refractivity (Wildman–Crippen MR) is 128 cm³/mol. The second kappa shape index (κ2) is 9.31. The Hall–Kier alpha value is -3.43. The molecule has 0 N–H and O–H groups in total. The third kappa shape index (κ3) is 5.01. The fourth-order valence-corrected chi connectivity index (χ4v) is 4.65. The molecule has 4 rings (SSSR count). The first kappa shape index (κ1) is 24.7. The summed E-state index contributed by atoms with van der Waals surface area (Å²) in [5.41, 5.74) is -0.616. The van der Waals surface area contributed by atoms with Crippen molar-refractivity contribution in [2.45, 2.75) is 44.6 Å². The van der Waals surface area contributed by atoms with Gasteiger partial charge in [-0.1, -0.05) is 43.9 Å². The van der Waals surface area contributed by atoms with Crippen LogP contribution in [0.4, 0.5) is 29.6 Å². The van der Waals surface area contributed by atoms with E-state index in [1.807, 2.05) is 12.1 Å². The van der Waals surface area contributed by atoms with Crippen molar-refractivity contribution < 1.29 is 22.7 Å². The lowest BCUT2D eigenvalue weighted by atomic mass is 10.1. The van der Waals surface area contributed by atoms with Gasteiger partial charge in [0.15, 0.2) is 0 Å². The molecular formula is C23H25F3N6O2Si. The lowest BCUT2D eigenvalue weighted by molar-refractivity contribution is -0.145. The smallest absolute Gasteiger partial charge is 0.361 e. The van der Waals surface area contributed by atoms with E-state index in [1.165, 1.54) is 11.1 Å². The Bertz CT molecular complexity index is 1280. The van der Waals surface area contributed by atoms with E-state index in [9.17, 15) is 23.2 Å². The van der Waals surface area contributed by atoms with Crippen LogP contribution in [0.3, 0.4) is 0 Å². The van der Waals surface area contributed by atoms with Crippen LogP contribution in [0, 0.1) is 11.3 Å². The van der Waals surface area contributed by atoms with Crippen LogP contribution in [0.5, 0.6) is 0 Å². The van der Waals surface area contributed by atoms with Crippen LogP contribution >= 0.6 is 0 Å². The number of carbonyl (C=O) groups excluding carboxylic acids is 1. The van der Waals surface area contributed by atoms with Crippen molar-refractivity contribution in [3.05, 3.63) is 48.5 Å². The molecule has 0 aliphatic carbocycles. The summed E-state index contributed by atoms with van der Waals surface area (Å²) in [6.07, 6.45) is -0.891. The topological polar surface area (TPSA) is 87.3 Å². The monoisotopic (exact) mass is 502 g/mol. The molecule has 1 aliphatic heterocycles. The lowest BCUT2D eigenvalue weighted by Gasteiger charge is -2.22. The van der Waals surface area contributed by atoms with Gasteiger partial charge in [-0.25, -0.2) is 9.78 Å². The molecule has 8 nitrogen and oxygen atoms in total. The number of pyridine rings is 1. The van der Waals surface area contributed by atoms with E-state index in [4.69, 9.17) is 4.74 Å². The molecular weight excluding hydrogens is 477 g/mol. The van der Waals surface area contributed by atoms with Crippen molar-refractivity contribution in [3.63, 3.8) is 0 Å². The van der Waals surface area contributed by atoms with Gasteiger partial charge in [-0.05, 0) is 6.04 Å². The summed E-state index contributed by atoms with van der Waals surface area (Å²) in [5, 5.41) is 11.3. The molecule has 3 heterocycles. The normalized spacial score (nSPS) is 16.8. The SMILES string of the molecule is C[Si](C)(C)CCOCn1c(C(F)(F)F)cnc1N1C[C@H](C#N)N(c2cncc3ccccc23)C1=O. The number of alkyl halides is 3. The number of fused-ring (bicyclic) bond motifs is 1. The molecule has 1 fully saturated rings. The Morgan fingerprint density at radius 3 is 2.63 bits per heavy atom. The zero-order chi connectivity index (χ0) is 25.4. The average molecular weight is 503 g/mol. The quantitative estimate of drug-likeness (QED) is 0.331. The van der Waals surface area contributed by atoms with Gasteiger partial charge in [0.1, 0.15) is 18.5 Å².